The molecule has 5 rings (SSSR count). The first-order valence-electron chi connectivity index (χ1n) is 10.3. The van der Waals surface area contributed by atoms with Crippen LogP contribution in [-0.2, 0) is 6.54 Å². The molecule has 30 heavy (non-hydrogen) atoms. The van der Waals surface area contributed by atoms with Gasteiger partial charge in [-0.05, 0) is 24.5 Å². The minimum Gasteiger partial charge on any atom is -0.336 e. The van der Waals surface area contributed by atoms with Gasteiger partial charge in [-0.1, -0.05) is 30.3 Å². The van der Waals surface area contributed by atoms with Crippen LogP contribution in [0.15, 0.2) is 52.2 Å². The molecule has 0 bridgehead atoms. The molecule has 1 aliphatic heterocycles. The molecule has 8 heteroatoms. The van der Waals surface area contributed by atoms with E-state index in [2.05, 4.69) is 27.0 Å². The molecule has 1 saturated carbocycles. The van der Waals surface area contributed by atoms with Gasteiger partial charge in [-0.3, -0.25) is 24.0 Å². The van der Waals surface area contributed by atoms with Crippen molar-refractivity contribution in [2.24, 2.45) is 0 Å². The Labute approximate surface area is 172 Å². The minimum absolute atomic E-state index is 0.0867. The molecular weight excluding hydrogens is 382 g/mol. The summed E-state index contributed by atoms with van der Waals surface area (Å²) >= 11 is 0. The maximum Gasteiger partial charge on any atom is 0.330 e. The molecule has 1 N–H and O–H groups in total. The summed E-state index contributed by atoms with van der Waals surface area (Å²) in [7, 11) is 0. The van der Waals surface area contributed by atoms with Crippen molar-refractivity contribution in [3.8, 4) is 0 Å². The lowest BCUT2D eigenvalue weighted by Gasteiger charge is -2.34. The topological polar surface area (TPSA) is 91.3 Å². The molecule has 3 aromatic rings. The van der Waals surface area contributed by atoms with Gasteiger partial charge in [-0.15, -0.1) is 0 Å². The van der Waals surface area contributed by atoms with Crippen LogP contribution in [0.4, 0.5) is 0 Å². The van der Waals surface area contributed by atoms with Crippen molar-refractivity contribution in [1.29, 1.82) is 0 Å². The summed E-state index contributed by atoms with van der Waals surface area (Å²) in [6.45, 7) is 3.71. The lowest BCUT2D eigenvalue weighted by atomic mass is 10.1. The summed E-state index contributed by atoms with van der Waals surface area (Å²) < 4.78 is 1.54. The zero-order valence-electron chi connectivity index (χ0n) is 16.6. The number of hydrogen-bond acceptors (Lipinski definition) is 5. The zero-order chi connectivity index (χ0) is 20.7. The Morgan fingerprint density at radius 1 is 1.07 bits per heavy atom. The monoisotopic (exact) mass is 405 g/mol. The van der Waals surface area contributed by atoms with Crippen molar-refractivity contribution >= 4 is 16.9 Å². The van der Waals surface area contributed by atoms with E-state index in [-0.39, 0.29) is 17.3 Å². The number of benzene rings is 1. The number of piperazine rings is 1. The average Bonchev–Trinajstić information content (AvgIpc) is 3.59. The minimum atomic E-state index is -0.498. The van der Waals surface area contributed by atoms with Gasteiger partial charge >= 0.3 is 5.69 Å². The van der Waals surface area contributed by atoms with E-state index < -0.39 is 11.2 Å². The molecule has 2 fully saturated rings. The highest BCUT2D eigenvalue weighted by Gasteiger charge is 2.28. The first kappa shape index (κ1) is 18.7. The SMILES string of the molecule is O=C(c1cnc2c(c1)c(=O)[nH]c(=O)n2C1CC1)N1CCN(Cc2ccccc2)CC1. The predicted molar refractivity (Wildman–Crippen MR) is 113 cm³/mol. The van der Waals surface area contributed by atoms with E-state index in [9.17, 15) is 14.4 Å². The summed E-state index contributed by atoms with van der Waals surface area (Å²) in [6.07, 6.45) is 3.28. The second-order valence-corrected chi connectivity index (χ2v) is 8.01. The van der Waals surface area contributed by atoms with Crippen molar-refractivity contribution in [3.63, 3.8) is 0 Å². The summed E-state index contributed by atoms with van der Waals surface area (Å²) in [5.74, 6) is -0.132. The highest BCUT2D eigenvalue weighted by Crippen LogP contribution is 2.34. The Balaban J connectivity index is 1.33. The van der Waals surface area contributed by atoms with Crippen molar-refractivity contribution in [1.82, 2.24) is 24.3 Å². The predicted octanol–water partition coefficient (Wildman–Crippen LogP) is 1.38. The van der Waals surface area contributed by atoms with E-state index in [0.717, 1.165) is 32.5 Å². The van der Waals surface area contributed by atoms with Gasteiger partial charge in [-0.2, -0.15) is 0 Å². The normalized spacial score (nSPS) is 17.4. The third-order valence-corrected chi connectivity index (χ3v) is 5.85. The molecule has 3 heterocycles. The fraction of sp³-hybridized carbons (Fsp3) is 0.364. The number of pyridine rings is 1. The highest BCUT2D eigenvalue weighted by molar-refractivity contribution is 5.96. The van der Waals surface area contributed by atoms with Crippen LogP contribution >= 0.6 is 0 Å². The molecule has 1 aromatic carbocycles. The number of hydrogen-bond donors (Lipinski definition) is 1. The van der Waals surface area contributed by atoms with Crippen LogP contribution in [0.3, 0.4) is 0 Å². The standard InChI is InChI=1S/C22H23N5O3/c28-20-18-12-16(13-23-19(18)27(17-6-7-17)22(30)24-20)21(29)26-10-8-25(9-11-26)14-15-4-2-1-3-5-15/h1-5,12-13,17H,6-11,14H2,(H,24,28,30). The van der Waals surface area contributed by atoms with Gasteiger partial charge in [0, 0.05) is 45.0 Å². The molecule has 2 aliphatic rings. The Bertz CT molecular complexity index is 1200. The van der Waals surface area contributed by atoms with Crippen molar-refractivity contribution in [2.75, 3.05) is 26.2 Å². The second-order valence-electron chi connectivity index (χ2n) is 8.01. The Morgan fingerprint density at radius 3 is 2.50 bits per heavy atom. The number of carbonyl (C=O) groups excluding carboxylic acids is 1. The van der Waals surface area contributed by atoms with Crippen molar-refractivity contribution in [3.05, 3.63) is 74.6 Å². The van der Waals surface area contributed by atoms with E-state index in [0.29, 0.717) is 24.3 Å². The summed E-state index contributed by atoms with van der Waals surface area (Å²) in [6, 6.07) is 11.9. The summed E-state index contributed by atoms with van der Waals surface area (Å²) in [5.41, 5.74) is 1.07. The number of carbonyl (C=O) groups is 1. The van der Waals surface area contributed by atoms with Gasteiger partial charge < -0.3 is 4.90 Å². The largest absolute Gasteiger partial charge is 0.336 e. The number of nitrogens with one attached hydrogen (secondary N) is 1. The first-order chi connectivity index (χ1) is 14.6. The Morgan fingerprint density at radius 2 is 1.80 bits per heavy atom. The molecule has 0 atom stereocenters. The Kier molecular flexibility index (Phi) is 4.71. The summed E-state index contributed by atoms with van der Waals surface area (Å²) in [5, 5.41) is 0.287. The highest BCUT2D eigenvalue weighted by atomic mass is 16.2. The molecule has 154 valence electrons. The van der Waals surface area contributed by atoms with Crippen LogP contribution in [-0.4, -0.2) is 56.4 Å². The van der Waals surface area contributed by atoms with Gasteiger partial charge in [0.25, 0.3) is 11.5 Å². The molecule has 0 radical (unpaired) electrons. The number of amides is 1. The second kappa shape index (κ2) is 7.53. The molecule has 1 aliphatic carbocycles. The average molecular weight is 405 g/mol. The van der Waals surface area contributed by atoms with Crippen LogP contribution in [0.5, 0.6) is 0 Å². The fourth-order valence-electron chi connectivity index (χ4n) is 4.06. The van der Waals surface area contributed by atoms with Crippen LogP contribution in [0.25, 0.3) is 11.0 Å². The molecule has 2 aromatic heterocycles. The number of nitrogens with zero attached hydrogens (tertiary/aromatic N) is 4. The number of rotatable bonds is 4. The lowest BCUT2D eigenvalue weighted by Crippen LogP contribution is -2.48. The Hall–Kier alpha value is -3.26. The quantitative estimate of drug-likeness (QED) is 0.708. The van der Waals surface area contributed by atoms with E-state index >= 15 is 0 Å². The third kappa shape index (κ3) is 3.54. The maximum atomic E-state index is 13.0. The molecule has 0 unspecified atom stereocenters. The van der Waals surface area contributed by atoms with Crippen LogP contribution in [0, 0.1) is 0 Å². The van der Waals surface area contributed by atoms with E-state index in [1.165, 1.54) is 16.3 Å². The molecule has 8 nitrogen and oxygen atoms in total. The molecular formula is C22H23N5O3. The lowest BCUT2D eigenvalue weighted by molar-refractivity contribution is 0.0628. The molecule has 1 amide bonds. The fourth-order valence-corrected chi connectivity index (χ4v) is 4.06. The first-order valence-corrected chi connectivity index (χ1v) is 10.3. The van der Waals surface area contributed by atoms with Crippen LogP contribution < -0.4 is 11.2 Å². The number of H-pyrrole nitrogens is 1. The third-order valence-electron chi connectivity index (χ3n) is 5.85. The zero-order valence-corrected chi connectivity index (χ0v) is 16.6. The van der Waals surface area contributed by atoms with Gasteiger partial charge in [-0.25, -0.2) is 9.78 Å². The molecule has 1 saturated heterocycles. The number of aromatic amines is 1. The van der Waals surface area contributed by atoms with E-state index in [1.807, 2.05) is 18.2 Å². The van der Waals surface area contributed by atoms with Gasteiger partial charge in [0.15, 0.2) is 0 Å². The van der Waals surface area contributed by atoms with E-state index in [1.54, 1.807) is 11.0 Å². The van der Waals surface area contributed by atoms with E-state index in [4.69, 9.17) is 0 Å². The van der Waals surface area contributed by atoms with Gasteiger partial charge in [0.05, 0.1) is 10.9 Å². The number of aromatic nitrogens is 3. The summed E-state index contributed by atoms with van der Waals surface area (Å²) in [4.78, 5) is 48.3. The van der Waals surface area contributed by atoms with Gasteiger partial charge in [0.2, 0.25) is 0 Å². The van der Waals surface area contributed by atoms with Gasteiger partial charge in [0.1, 0.15) is 5.65 Å². The van der Waals surface area contributed by atoms with Crippen LogP contribution in [0.1, 0.15) is 34.8 Å². The van der Waals surface area contributed by atoms with Crippen molar-refractivity contribution < 1.29 is 4.79 Å². The van der Waals surface area contributed by atoms with Crippen LogP contribution in [0.2, 0.25) is 0 Å². The number of fused-ring (bicyclic) bond motifs is 1. The maximum absolute atomic E-state index is 13.0. The smallest absolute Gasteiger partial charge is 0.330 e. The molecule has 0 spiro atoms. The van der Waals surface area contributed by atoms with Crippen molar-refractivity contribution in [2.45, 2.75) is 25.4 Å².